The van der Waals surface area contributed by atoms with Gasteiger partial charge in [0.25, 0.3) is 0 Å². The van der Waals surface area contributed by atoms with Crippen LogP contribution in [0.1, 0.15) is 43.0 Å². The monoisotopic (exact) mass is 499 g/mol. The van der Waals surface area contributed by atoms with Gasteiger partial charge in [-0.3, -0.25) is 4.90 Å². The Balaban J connectivity index is 1.72. The van der Waals surface area contributed by atoms with Crippen LogP contribution >= 0.6 is 0 Å². The van der Waals surface area contributed by atoms with E-state index in [2.05, 4.69) is 36.1 Å². The molecule has 6 nitrogen and oxygen atoms in total. The summed E-state index contributed by atoms with van der Waals surface area (Å²) in [6, 6.07) is 28.0. The number of aliphatic hydroxyl groups excluding tert-OH is 1. The number of hydrogen-bond acceptors (Lipinski definition) is 5. The Bertz CT molecular complexity index is 1240. The average Bonchev–Trinajstić information content (AvgIpc) is 3.23. The van der Waals surface area contributed by atoms with Crippen molar-refractivity contribution in [3.05, 3.63) is 102 Å². The van der Waals surface area contributed by atoms with Crippen LogP contribution in [0, 0.1) is 6.92 Å². The van der Waals surface area contributed by atoms with E-state index in [1.807, 2.05) is 72.3 Å². The summed E-state index contributed by atoms with van der Waals surface area (Å²) in [5.41, 5.74) is 3.98. The first kappa shape index (κ1) is 26.5. The number of aryl methyl sites for hydroxylation is 1. The number of para-hydroxylation sites is 3. The maximum Gasteiger partial charge on any atom is 0.227 e. The van der Waals surface area contributed by atoms with Crippen molar-refractivity contribution >= 4 is 0 Å². The van der Waals surface area contributed by atoms with Crippen LogP contribution in [0.25, 0.3) is 5.69 Å². The van der Waals surface area contributed by atoms with Gasteiger partial charge < -0.3 is 14.6 Å². The Morgan fingerprint density at radius 3 is 2.22 bits per heavy atom. The lowest BCUT2D eigenvalue weighted by Gasteiger charge is -2.26. The van der Waals surface area contributed by atoms with Gasteiger partial charge in [0.2, 0.25) is 5.88 Å². The second-order valence-electron chi connectivity index (χ2n) is 9.32. The number of methoxy groups -OCH3 is 1. The van der Waals surface area contributed by atoms with Gasteiger partial charge in [-0.15, -0.1) is 0 Å². The summed E-state index contributed by atoms with van der Waals surface area (Å²) in [5, 5.41) is 15.7. The van der Waals surface area contributed by atoms with Gasteiger partial charge in [-0.05, 0) is 43.2 Å². The lowest BCUT2D eigenvalue weighted by molar-refractivity contribution is 0.0953. The molecule has 0 fully saturated rings. The number of benzene rings is 3. The van der Waals surface area contributed by atoms with Crippen LogP contribution in [-0.2, 0) is 13.1 Å². The standard InChI is InChI=1S/C31H37N3O3/c1-4-5-18-27(35)22-33(21-25-14-8-6-9-15-25)23-28-24(2)32-34(26-16-10-7-11-17-26)31(28)37-30-20-13-12-19-29(30)36-3/h6-17,19-20,27,35H,4-5,18,21-23H2,1-3H3. The molecule has 0 bridgehead atoms. The van der Waals surface area contributed by atoms with Crippen LogP contribution in [0.5, 0.6) is 17.4 Å². The van der Waals surface area contributed by atoms with Crippen molar-refractivity contribution in [1.29, 1.82) is 0 Å². The molecule has 1 aromatic heterocycles. The molecule has 0 saturated heterocycles. The van der Waals surface area contributed by atoms with E-state index in [1.165, 1.54) is 5.56 Å². The molecule has 6 heteroatoms. The second-order valence-corrected chi connectivity index (χ2v) is 9.32. The third-order valence-corrected chi connectivity index (χ3v) is 6.40. The third-order valence-electron chi connectivity index (χ3n) is 6.40. The molecule has 1 unspecified atom stereocenters. The van der Waals surface area contributed by atoms with Crippen molar-refractivity contribution in [2.45, 2.75) is 52.3 Å². The van der Waals surface area contributed by atoms with E-state index in [-0.39, 0.29) is 0 Å². The normalized spacial score (nSPS) is 12.0. The molecular formula is C31H37N3O3. The summed E-state index contributed by atoms with van der Waals surface area (Å²) < 4.78 is 14.0. The summed E-state index contributed by atoms with van der Waals surface area (Å²) in [4.78, 5) is 2.28. The predicted molar refractivity (Wildman–Crippen MR) is 147 cm³/mol. The SMILES string of the molecule is CCCCC(O)CN(Cc1ccccc1)Cc1c(C)nn(-c2ccccc2)c1Oc1ccccc1OC. The number of rotatable bonds is 13. The molecule has 0 aliphatic heterocycles. The minimum atomic E-state index is -0.397. The lowest BCUT2D eigenvalue weighted by atomic mass is 10.1. The first-order valence-corrected chi connectivity index (χ1v) is 13.0. The number of ether oxygens (including phenoxy) is 2. The summed E-state index contributed by atoms with van der Waals surface area (Å²) in [6.45, 7) is 6.03. The van der Waals surface area contributed by atoms with Gasteiger partial charge >= 0.3 is 0 Å². The fourth-order valence-electron chi connectivity index (χ4n) is 4.46. The lowest BCUT2D eigenvalue weighted by Crippen LogP contribution is -2.32. The Labute approximate surface area is 220 Å². The van der Waals surface area contributed by atoms with Crippen molar-refractivity contribution in [2.24, 2.45) is 0 Å². The van der Waals surface area contributed by atoms with E-state index in [0.29, 0.717) is 37.0 Å². The highest BCUT2D eigenvalue weighted by atomic mass is 16.5. The molecule has 0 spiro atoms. The molecule has 0 aliphatic rings. The molecule has 4 rings (SSSR count). The largest absolute Gasteiger partial charge is 0.493 e. The Morgan fingerprint density at radius 2 is 1.54 bits per heavy atom. The molecule has 194 valence electrons. The molecule has 1 heterocycles. The van der Waals surface area contributed by atoms with E-state index in [4.69, 9.17) is 14.6 Å². The van der Waals surface area contributed by atoms with Gasteiger partial charge in [0.15, 0.2) is 11.5 Å². The first-order chi connectivity index (χ1) is 18.1. The van der Waals surface area contributed by atoms with E-state index in [0.717, 1.165) is 36.2 Å². The van der Waals surface area contributed by atoms with Crippen LogP contribution in [-0.4, -0.2) is 39.5 Å². The van der Waals surface area contributed by atoms with Gasteiger partial charge in [-0.25, -0.2) is 4.68 Å². The van der Waals surface area contributed by atoms with Crippen LogP contribution < -0.4 is 9.47 Å². The maximum atomic E-state index is 10.8. The van der Waals surface area contributed by atoms with Gasteiger partial charge in [0.05, 0.1) is 30.2 Å². The van der Waals surface area contributed by atoms with Gasteiger partial charge in [0.1, 0.15) is 0 Å². The van der Waals surface area contributed by atoms with E-state index >= 15 is 0 Å². The quantitative estimate of drug-likeness (QED) is 0.226. The third kappa shape index (κ3) is 7.00. The number of aromatic nitrogens is 2. The minimum Gasteiger partial charge on any atom is -0.493 e. The van der Waals surface area contributed by atoms with Crippen LogP contribution in [0.15, 0.2) is 84.9 Å². The highest BCUT2D eigenvalue weighted by Gasteiger charge is 2.23. The minimum absolute atomic E-state index is 0.397. The van der Waals surface area contributed by atoms with Crippen molar-refractivity contribution in [3.63, 3.8) is 0 Å². The second kappa shape index (κ2) is 13.1. The fraction of sp³-hybridized carbons (Fsp3) is 0.323. The number of unbranched alkanes of at least 4 members (excludes halogenated alkanes) is 1. The Kier molecular flexibility index (Phi) is 9.35. The molecule has 0 radical (unpaired) electrons. The van der Waals surface area contributed by atoms with Gasteiger partial charge in [0, 0.05) is 19.6 Å². The average molecular weight is 500 g/mol. The summed E-state index contributed by atoms with van der Waals surface area (Å²) >= 11 is 0. The fourth-order valence-corrected chi connectivity index (χ4v) is 4.46. The first-order valence-electron chi connectivity index (χ1n) is 13.0. The Hall–Kier alpha value is -3.61. The summed E-state index contributed by atoms with van der Waals surface area (Å²) in [6.07, 6.45) is 2.46. The van der Waals surface area contributed by atoms with Crippen molar-refractivity contribution in [3.8, 4) is 23.1 Å². The van der Waals surface area contributed by atoms with Crippen molar-refractivity contribution in [1.82, 2.24) is 14.7 Å². The molecule has 1 N–H and O–H groups in total. The van der Waals surface area contributed by atoms with Crippen molar-refractivity contribution < 1.29 is 14.6 Å². The van der Waals surface area contributed by atoms with Crippen LogP contribution in [0.4, 0.5) is 0 Å². The molecule has 3 aromatic carbocycles. The van der Waals surface area contributed by atoms with Crippen molar-refractivity contribution in [2.75, 3.05) is 13.7 Å². The highest BCUT2D eigenvalue weighted by molar-refractivity contribution is 5.47. The zero-order valence-corrected chi connectivity index (χ0v) is 22.0. The molecule has 37 heavy (non-hydrogen) atoms. The summed E-state index contributed by atoms with van der Waals surface area (Å²) in [7, 11) is 1.64. The topological polar surface area (TPSA) is 59.8 Å². The summed E-state index contributed by atoms with van der Waals surface area (Å²) in [5.74, 6) is 1.93. The molecular weight excluding hydrogens is 462 g/mol. The van der Waals surface area contributed by atoms with E-state index < -0.39 is 6.10 Å². The number of nitrogens with zero attached hydrogens (tertiary/aromatic N) is 3. The molecule has 0 saturated carbocycles. The van der Waals surface area contributed by atoms with Crippen LogP contribution in [0.2, 0.25) is 0 Å². The number of hydrogen-bond donors (Lipinski definition) is 1. The van der Waals surface area contributed by atoms with Crippen LogP contribution in [0.3, 0.4) is 0 Å². The number of aliphatic hydroxyl groups is 1. The predicted octanol–water partition coefficient (Wildman–Crippen LogP) is 6.53. The highest BCUT2D eigenvalue weighted by Crippen LogP contribution is 2.36. The van der Waals surface area contributed by atoms with E-state index in [9.17, 15) is 5.11 Å². The smallest absolute Gasteiger partial charge is 0.227 e. The Morgan fingerprint density at radius 1 is 0.892 bits per heavy atom. The molecule has 0 aliphatic carbocycles. The van der Waals surface area contributed by atoms with E-state index in [1.54, 1.807) is 7.11 Å². The molecule has 1 atom stereocenters. The van der Waals surface area contributed by atoms with Gasteiger partial charge in [-0.1, -0.05) is 80.4 Å². The zero-order chi connectivity index (χ0) is 26.0. The zero-order valence-electron chi connectivity index (χ0n) is 22.0. The maximum absolute atomic E-state index is 10.8. The van der Waals surface area contributed by atoms with Gasteiger partial charge in [-0.2, -0.15) is 5.10 Å². The molecule has 4 aromatic rings. The molecule has 0 amide bonds.